The fourth-order valence-electron chi connectivity index (χ4n) is 4.94. The number of likely N-dealkylation sites (tertiary alicyclic amines) is 2. The predicted molar refractivity (Wildman–Crippen MR) is 103 cm³/mol. The van der Waals surface area contributed by atoms with Crippen LogP contribution in [-0.4, -0.2) is 55.0 Å². The van der Waals surface area contributed by atoms with Crippen molar-refractivity contribution in [3.05, 3.63) is 29.8 Å². The molecule has 1 aromatic rings. The van der Waals surface area contributed by atoms with Crippen molar-refractivity contribution in [3.8, 4) is 5.75 Å². The number of piperidine rings is 2. The molecule has 1 amide bonds. The van der Waals surface area contributed by atoms with Gasteiger partial charge in [0.15, 0.2) is 0 Å². The van der Waals surface area contributed by atoms with Gasteiger partial charge in [0.25, 0.3) is 0 Å². The molecule has 3 aliphatic rings. The molecule has 0 radical (unpaired) electrons. The number of hydrogen-bond acceptors (Lipinski definition) is 3. The Morgan fingerprint density at radius 2 is 1.65 bits per heavy atom. The van der Waals surface area contributed by atoms with Crippen LogP contribution < -0.4 is 4.74 Å². The van der Waals surface area contributed by atoms with E-state index < -0.39 is 0 Å². The first-order valence-corrected chi connectivity index (χ1v) is 10.4. The van der Waals surface area contributed by atoms with Crippen molar-refractivity contribution in [2.24, 2.45) is 5.92 Å². The van der Waals surface area contributed by atoms with Gasteiger partial charge in [-0.1, -0.05) is 24.6 Å². The van der Waals surface area contributed by atoms with Gasteiger partial charge in [0.1, 0.15) is 5.75 Å². The summed E-state index contributed by atoms with van der Waals surface area (Å²) in [7, 11) is 1.77. The van der Waals surface area contributed by atoms with E-state index in [2.05, 4.69) is 34.1 Å². The number of hydrogen-bond donors (Lipinski definition) is 0. The van der Waals surface area contributed by atoms with Crippen LogP contribution in [0.1, 0.15) is 56.4 Å². The molecule has 0 aromatic heterocycles. The van der Waals surface area contributed by atoms with Crippen molar-refractivity contribution in [3.63, 3.8) is 0 Å². The van der Waals surface area contributed by atoms with Gasteiger partial charge in [-0.3, -0.25) is 4.79 Å². The van der Waals surface area contributed by atoms with Crippen LogP contribution in [-0.2, 0) is 4.79 Å². The fourth-order valence-corrected chi connectivity index (χ4v) is 4.94. The largest absolute Gasteiger partial charge is 0.496 e. The number of carbonyl (C=O) groups excluding carboxylic acids is 1. The number of ether oxygens (including phenoxy) is 1. The van der Waals surface area contributed by atoms with Crippen molar-refractivity contribution in [1.82, 2.24) is 9.80 Å². The molecule has 4 rings (SSSR count). The van der Waals surface area contributed by atoms with E-state index in [1.165, 1.54) is 37.9 Å². The Labute approximate surface area is 157 Å². The van der Waals surface area contributed by atoms with E-state index >= 15 is 0 Å². The highest BCUT2D eigenvalue weighted by atomic mass is 16.5. The summed E-state index contributed by atoms with van der Waals surface area (Å²) in [5.41, 5.74) is 1.37. The molecule has 3 fully saturated rings. The van der Waals surface area contributed by atoms with Gasteiger partial charge in [-0.15, -0.1) is 0 Å². The van der Waals surface area contributed by atoms with E-state index in [1.54, 1.807) is 7.11 Å². The number of rotatable bonds is 4. The summed E-state index contributed by atoms with van der Waals surface area (Å²) in [6.45, 7) is 4.27. The SMILES string of the molecule is COc1ccccc1C1CCN(C2CCN(C(=O)C3CCC3)CC2)CC1. The van der Waals surface area contributed by atoms with Crippen LogP contribution in [0, 0.1) is 5.92 Å². The van der Waals surface area contributed by atoms with E-state index in [0.717, 1.165) is 44.5 Å². The number of methoxy groups -OCH3 is 1. The lowest BCUT2D eigenvalue weighted by Crippen LogP contribution is -2.50. The second kappa shape index (κ2) is 7.99. The number of carbonyl (C=O) groups is 1. The molecule has 2 heterocycles. The van der Waals surface area contributed by atoms with Crippen LogP contribution in [0.4, 0.5) is 0 Å². The average molecular weight is 357 g/mol. The van der Waals surface area contributed by atoms with Gasteiger partial charge in [0, 0.05) is 25.0 Å². The molecule has 4 heteroatoms. The Morgan fingerprint density at radius 1 is 0.962 bits per heavy atom. The maximum atomic E-state index is 12.4. The average Bonchev–Trinajstić information content (AvgIpc) is 2.67. The first-order valence-electron chi connectivity index (χ1n) is 10.4. The van der Waals surface area contributed by atoms with Crippen molar-refractivity contribution in [1.29, 1.82) is 0 Å². The summed E-state index contributed by atoms with van der Waals surface area (Å²) < 4.78 is 5.56. The molecular formula is C22H32N2O2. The minimum atomic E-state index is 0.350. The van der Waals surface area contributed by atoms with Gasteiger partial charge >= 0.3 is 0 Å². The Kier molecular flexibility index (Phi) is 5.49. The van der Waals surface area contributed by atoms with E-state index in [9.17, 15) is 4.79 Å². The summed E-state index contributed by atoms with van der Waals surface area (Å²) >= 11 is 0. The van der Waals surface area contributed by atoms with Crippen LogP contribution in [0.25, 0.3) is 0 Å². The normalized spacial score (nSPS) is 23.7. The van der Waals surface area contributed by atoms with E-state index in [-0.39, 0.29) is 0 Å². The van der Waals surface area contributed by atoms with Crippen LogP contribution in [0.2, 0.25) is 0 Å². The van der Waals surface area contributed by atoms with Crippen molar-refractivity contribution in [2.75, 3.05) is 33.3 Å². The molecule has 4 nitrogen and oxygen atoms in total. The lowest BCUT2D eigenvalue weighted by atomic mass is 9.83. The second-order valence-electron chi connectivity index (χ2n) is 8.24. The zero-order chi connectivity index (χ0) is 17.9. The number of amides is 1. The van der Waals surface area contributed by atoms with Gasteiger partial charge < -0.3 is 14.5 Å². The maximum absolute atomic E-state index is 12.4. The van der Waals surface area contributed by atoms with Crippen molar-refractivity contribution >= 4 is 5.91 Å². The number of benzene rings is 1. The molecule has 0 unspecified atom stereocenters. The minimum absolute atomic E-state index is 0.350. The molecule has 1 aliphatic carbocycles. The molecule has 0 atom stereocenters. The number of nitrogens with zero attached hydrogens (tertiary/aromatic N) is 2. The highest BCUT2D eigenvalue weighted by Crippen LogP contribution is 2.35. The summed E-state index contributed by atoms with van der Waals surface area (Å²) in [5, 5.41) is 0. The Morgan fingerprint density at radius 3 is 2.27 bits per heavy atom. The highest BCUT2D eigenvalue weighted by Gasteiger charge is 2.34. The third kappa shape index (κ3) is 3.62. The summed E-state index contributed by atoms with van der Waals surface area (Å²) in [4.78, 5) is 17.2. The first-order chi connectivity index (χ1) is 12.8. The number of para-hydroxylation sites is 1. The monoisotopic (exact) mass is 356 g/mol. The topological polar surface area (TPSA) is 32.8 Å². The lowest BCUT2D eigenvalue weighted by Gasteiger charge is -2.43. The maximum Gasteiger partial charge on any atom is 0.225 e. The van der Waals surface area contributed by atoms with Crippen molar-refractivity contribution in [2.45, 2.75) is 56.9 Å². The smallest absolute Gasteiger partial charge is 0.225 e. The van der Waals surface area contributed by atoms with Crippen LogP contribution in [0.15, 0.2) is 24.3 Å². The third-order valence-corrected chi connectivity index (χ3v) is 6.86. The third-order valence-electron chi connectivity index (χ3n) is 6.86. The van der Waals surface area contributed by atoms with Gasteiger partial charge in [-0.05, 0) is 69.2 Å². The molecule has 1 saturated carbocycles. The zero-order valence-electron chi connectivity index (χ0n) is 16.0. The second-order valence-corrected chi connectivity index (χ2v) is 8.24. The van der Waals surface area contributed by atoms with E-state index in [1.807, 2.05) is 0 Å². The Bertz CT molecular complexity index is 612. The lowest BCUT2D eigenvalue weighted by molar-refractivity contribution is -0.139. The molecule has 0 spiro atoms. The molecule has 26 heavy (non-hydrogen) atoms. The Hall–Kier alpha value is -1.55. The quantitative estimate of drug-likeness (QED) is 0.825. The van der Waals surface area contributed by atoms with Gasteiger partial charge in [0.2, 0.25) is 5.91 Å². The highest BCUT2D eigenvalue weighted by molar-refractivity contribution is 5.79. The summed E-state index contributed by atoms with van der Waals surface area (Å²) in [6, 6.07) is 9.15. The molecule has 1 aromatic carbocycles. The molecule has 0 N–H and O–H groups in total. The summed E-state index contributed by atoms with van der Waals surface area (Å²) in [6.07, 6.45) is 8.21. The Balaban J connectivity index is 1.27. The molecular weight excluding hydrogens is 324 g/mol. The van der Waals surface area contributed by atoms with Crippen LogP contribution in [0.3, 0.4) is 0 Å². The predicted octanol–water partition coefficient (Wildman–Crippen LogP) is 3.67. The first kappa shape index (κ1) is 17.8. The molecule has 0 bridgehead atoms. The minimum Gasteiger partial charge on any atom is -0.496 e. The van der Waals surface area contributed by atoms with Crippen LogP contribution in [0.5, 0.6) is 5.75 Å². The molecule has 2 saturated heterocycles. The van der Waals surface area contributed by atoms with Gasteiger partial charge in [0.05, 0.1) is 7.11 Å². The summed E-state index contributed by atoms with van der Waals surface area (Å²) in [5.74, 6) is 2.43. The zero-order valence-corrected chi connectivity index (χ0v) is 16.0. The molecule has 142 valence electrons. The fraction of sp³-hybridized carbons (Fsp3) is 0.682. The van der Waals surface area contributed by atoms with Crippen molar-refractivity contribution < 1.29 is 9.53 Å². The van der Waals surface area contributed by atoms with Crippen LogP contribution >= 0.6 is 0 Å². The van der Waals surface area contributed by atoms with E-state index in [0.29, 0.717) is 23.8 Å². The van der Waals surface area contributed by atoms with Gasteiger partial charge in [-0.25, -0.2) is 0 Å². The van der Waals surface area contributed by atoms with E-state index in [4.69, 9.17) is 4.74 Å². The standard InChI is InChI=1S/C22H32N2O2/c1-26-21-8-3-2-7-20(21)17-9-13-23(14-10-17)19-11-15-24(16-12-19)22(25)18-5-4-6-18/h2-3,7-8,17-19H,4-6,9-16H2,1H3. The van der Waals surface area contributed by atoms with Gasteiger partial charge in [-0.2, -0.15) is 0 Å². The molecule has 2 aliphatic heterocycles.